The van der Waals surface area contributed by atoms with E-state index in [1.54, 1.807) is 42.5 Å². The van der Waals surface area contributed by atoms with Crippen LogP contribution in [0, 0.1) is 0 Å². The Hall–Kier alpha value is -3.62. The average Bonchev–Trinajstić information content (AvgIpc) is 3.18. The number of benzene rings is 3. The van der Waals surface area contributed by atoms with E-state index in [0.717, 1.165) is 23.2 Å². The third-order valence-corrected chi connectivity index (χ3v) is 6.77. The molecule has 2 aliphatic rings. The van der Waals surface area contributed by atoms with Crippen molar-refractivity contribution in [2.24, 2.45) is 0 Å². The summed E-state index contributed by atoms with van der Waals surface area (Å²) in [7, 11) is 2.02. The van der Waals surface area contributed by atoms with Crippen LogP contribution in [0.25, 0.3) is 0 Å². The normalized spacial score (nSPS) is 21.4. The monoisotopic (exact) mass is 498 g/mol. The van der Waals surface area contributed by atoms with Crippen LogP contribution in [0.1, 0.15) is 56.2 Å². The molecule has 3 aromatic rings. The van der Waals surface area contributed by atoms with Gasteiger partial charge in [-0.2, -0.15) is 0 Å². The number of aliphatic hydroxyl groups is 1. The van der Waals surface area contributed by atoms with Crippen molar-refractivity contribution in [3.63, 3.8) is 0 Å². The van der Waals surface area contributed by atoms with Gasteiger partial charge in [-0.25, -0.2) is 4.90 Å². The molecule has 37 heavy (non-hydrogen) atoms. The lowest BCUT2D eigenvalue weighted by Crippen LogP contribution is -2.38. The van der Waals surface area contributed by atoms with E-state index in [1.807, 2.05) is 43.5 Å². The molecule has 1 saturated heterocycles. The second-order valence-corrected chi connectivity index (χ2v) is 9.45. The van der Waals surface area contributed by atoms with Gasteiger partial charge in [0.15, 0.2) is 6.29 Å². The number of hydrogen-bond donors (Lipinski definition) is 1. The van der Waals surface area contributed by atoms with Gasteiger partial charge in [0.1, 0.15) is 0 Å². The Morgan fingerprint density at radius 3 is 2.32 bits per heavy atom. The topological polar surface area (TPSA) is 79.3 Å². The van der Waals surface area contributed by atoms with Crippen molar-refractivity contribution in [3.8, 4) is 0 Å². The van der Waals surface area contributed by atoms with Crippen LogP contribution in [0.4, 0.5) is 5.69 Å². The summed E-state index contributed by atoms with van der Waals surface area (Å²) in [4.78, 5) is 29.4. The molecular weight excluding hydrogens is 468 g/mol. The number of likely N-dealkylation sites (N-methyl/N-ethyl adjacent to an activating group) is 1. The summed E-state index contributed by atoms with van der Waals surface area (Å²) in [6, 6.07) is 21.8. The summed E-state index contributed by atoms with van der Waals surface area (Å²) in [5, 5.41) is 9.42. The fraction of sp³-hybridized carbons (Fsp3) is 0.267. The van der Waals surface area contributed by atoms with Crippen molar-refractivity contribution in [1.82, 2.24) is 4.90 Å². The van der Waals surface area contributed by atoms with Crippen molar-refractivity contribution >= 4 is 17.5 Å². The lowest BCUT2D eigenvalue weighted by atomic mass is 9.99. The zero-order valence-corrected chi connectivity index (χ0v) is 20.7. The molecule has 0 saturated carbocycles. The SMILES string of the molecule is C=CCN(C)CC1CC(c2ccc(CO)cc2)OC(c2cccc(N3C(=O)c4ccccc4C3=O)c2)O1. The van der Waals surface area contributed by atoms with Gasteiger partial charge in [0, 0.05) is 25.1 Å². The highest BCUT2D eigenvalue weighted by molar-refractivity contribution is 6.34. The molecule has 5 rings (SSSR count). The lowest BCUT2D eigenvalue weighted by Gasteiger charge is -2.38. The lowest BCUT2D eigenvalue weighted by molar-refractivity contribution is -0.252. The van der Waals surface area contributed by atoms with E-state index in [0.29, 0.717) is 29.8 Å². The zero-order valence-electron chi connectivity index (χ0n) is 20.7. The number of anilines is 1. The van der Waals surface area contributed by atoms with Crippen LogP contribution in [0.2, 0.25) is 0 Å². The Morgan fingerprint density at radius 2 is 1.68 bits per heavy atom. The summed E-state index contributed by atoms with van der Waals surface area (Å²) in [6.07, 6.45) is 1.49. The maximum Gasteiger partial charge on any atom is 0.266 e. The minimum absolute atomic E-state index is 0.0168. The second kappa shape index (κ2) is 10.8. The van der Waals surface area contributed by atoms with E-state index >= 15 is 0 Å². The first-order chi connectivity index (χ1) is 18.0. The summed E-state index contributed by atoms with van der Waals surface area (Å²) >= 11 is 0. The fourth-order valence-corrected chi connectivity index (χ4v) is 4.91. The molecule has 2 heterocycles. The largest absolute Gasteiger partial charge is 0.392 e. The molecule has 0 spiro atoms. The molecule has 0 radical (unpaired) electrons. The second-order valence-electron chi connectivity index (χ2n) is 9.45. The predicted octanol–water partition coefficient (Wildman–Crippen LogP) is 4.64. The minimum atomic E-state index is -0.687. The number of aliphatic hydroxyl groups excluding tert-OH is 1. The van der Waals surface area contributed by atoms with E-state index in [9.17, 15) is 14.7 Å². The van der Waals surface area contributed by atoms with Crippen LogP contribution in [0.3, 0.4) is 0 Å². The first-order valence-electron chi connectivity index (χ1n) is 12.4. The van der Waals surface area contributed by atoms with Gasteiger partial charge in [-0.05, 0) is 42.4 Å². The number of rotatable bonds is 8. The number of imide groups is 1. The third kappa shape index (κ3) is 5.12. The molecular formula is C30H30N2O5. The Balaban J connectivity index is 1.43. The molecule has 3 aromatic carbocycles. The first kappa shape index (κ1) is 25.0. The highest BCUT2D eigenvalue weighted by Gasteiger charge is 2.37. The number of carbonyl (C=O) groups is 2. The van der Waals surface area contributed by atoms with Gasteiger partial charge in [-0.15, -0.1) is 6.58 Å². The van der Waals surface area contributed by atoms with Gasteiger partial charge in [0.2, 0.25) is 0 Å². The Labute approximate surface area is 216 Å². The minimum Gasteiger partial charge on any atom is -0.392 e. The maximum atomic E-state index is 13.0. The van der Waals surface area contributed by atoms with Gasteiger partial charge >= 0.3 is 0 Å². The molecule has 1 N–H and O–H groups in total. The number of hydrogen-bond acceptors (Lipinski definition) is 6. The molecule has 3 atom stereocenters. The van der Waals surface area contributed by atoms with E-state index < -0.39 is 6.29 Å². The molecule has 190 valence electrons. The highest BCUT2D eigenvalue weighted by Crippen LogP contribution is 2.39. The van der Waals surface area contributed by atoms with Crippen LogP contribution in [-0.2, 0) is 16.1 Å². The summed E-state index contributed by atoms with van der Waals surface area (Å²) in [6.45, 7) is 5.23. The van der Waals surface area contributed by atoms with Crippen LogP contribution >= 0.6 is 0 Å². The summed E-state index contributed by atoms with van der Waals surface area (Å²) in [5.74, 6) is -0.678. The van der Waals surface area contributed by atoms with Gasteiger partial charge < -0.3 is 19.5 Å². The summed E-state index contributed by atoms with van der Waals surface area (Å²) < 4.78 is 12.8. The quantitative estimate of drug-likeness (QED) is 0.360. The van der Waals surface area contributed by atoms with Crippen molar-refractivity contribution in [3.05, 3.63) is 113 Å². The third-order valence-electron chi connectivity index (χ3n) is 6.77. The van der Waals surface area contributed by atoms with Crippen LogP contribution in [-0.4, -0.2) is 48.1 Å². The number of fused-ring (bicyclic) bond motifs is 1. The Bertz CT molecular complexity index is 1270. The van der Waals surface area contributed by atoms with Gasteiger partial charge in [-0.3, -0.25) is 9.59 Å². The number of amides is 2. The molecule has 2 amide bonds. The first-order valence-corrected chi connectivity index (χ1v) is 12.4. The molecule has 0 bridgehead atoms. The van der Waals surface area contributed by atoms with Crippen molar-refractivity contribution in [2.45, 2.75) is 31.5 Å². The predicted molar refractivity (Wildman–Crippen MR) is 140 cm³/mol. The van der Waals surface area contributed by atoms with E-state index in [-0.39, 0.29) is 30.6 Å². The van der Waals surface area contributed by atoms with E-state index in [4.69, 9.17) is 9.47 Å². The van der Waals surface area contributed by atoms with E-state index in [1.165, 1.54) is 4.90 Å². The van der Waals surface area contributed by atoms with Crippen molar-refractivity contribution in [1.29, 1.82) is 0 Å². The number of ether oxygens (including phenoxy) is 2. The number of carbonyl (C=O) groups excluding carboxylic acids is 2. The molecule has 3 unspecified atom stereocenters. The molecule has 0 aliphatic carbocycles. The van der Waals surface area contributed by atoms with Crippen LogP contribution < -0.4 is 4.90 Å². The Morgan fingerprint density at radius 1 is 0.973 bits per heavy atom. The molecule has 7 nitrogen and oxygen atoms in total. The molecule has 0 aromatic heterocycles. The smallest absolute Gasteiger partial charge is 0.266 e. The van der Waals surface area contributed by atoms with E-state index in [2.05, 4.69) is 11.5 Å². The van der Waals surface area contributed by atoms with Crippen molar-refractivity contribution < 1.29 is 24.2 Å². The number of nitrogens with zero attached hydrogens (tertiary/aromatic N) is 2. The van der Waals surface area contributed by atoms with Crippen molar-refractivity contribution in [2.75, 3.05) is 25.0 Å². The van der Waals surface area contributed by atoms with Gasteiger partial charge in [-0.1, -0.05) is 54.6 Å². The zero-order chi connectivity index (χ0) is 25.9. The average molecular weight is 499 g/mol. The summed E-state index contributed by atoms with van der Waals surface area (Å²) in [5.41, 5.74) is 3.84. The van der Waals surface area contributed by atoms with Gasteiger partial charge in [0.05, 0.1) is 35.6 Å². The highest BCUT2D eigenvalue weighted by atomic mass is 16.7. The van der Waals surface area contributed by atoms with Crippen LogP contribution in [0.5, 0.6) is 0 Å². The molecule has 1 fully saturated rings. The van der Waals surface area contributed by atoms with Crippen LogP contribution in [0.15, 0.2) is 85.5 Å². The van der Waals surface area contributed by atoms with Gasteiger partial charge in [0.25, 0.3) is 11.8 Å². The standard InChI is InChI=1S/C30H30N2O5/c1-3-15-31(2)18-24-17-27(21-13-11-20(19-33)12-14-21)37-30(36-24)22-7-6-8-23(16-22)32-28(34)25-9-4-5-10-26(25)29(32)35/h3-14,16,24,27,30,33H,1,15,17-19H2,2H3. The maximum absolute atomic E-state index is 13.0. The Kier molecular flexibility index (Phi) is 7.30. The molecule has 7 heteroatoms. The fourth-order valence-electron chi connectivity index (χ4n) is 4.91. The molecule has 2 aliphatic heterocycles.